The van der Waals surface area contributed by atoms with Gasteiger partial charge in [0.05, 0.1) is 30.2 Å². The number of anilines is 3. The molecular formula is C21H23F3N4O2. The lowest BCUT2D eigenvalue weighted by molar-refractivity contribution is -0.117. The van der Waals surface area contributed by atoms with E-state index in [9.17, 15) is 18.0 Å². The number of rotatable bonds is 6. The quantitative estimate of drug-likeness (QED) is 0.724. The normalized spacial score (nSPS) is 20.6. The molecule has 1 fully saturated rings. The number of aromatic nitrogens is 1. The monoisotopic (exact) mass is 420 g/mol. The van der Waals surface area contributed by atoms with Gasteiger partial charge in [0.2, 0.25) is 5.91 Å². The van der Waals surface area contributed by atoms with Crippen LogP contribution in [-0.2, 0) is 4.79 Å². The summed E-state index contributed by atoms with van der Waals surface area (Å²) in [6.45, 7) is 3.54. The molecule has 1 aliphatic heterocycles. The SMILES string of the molecule is CCN1C(=O)CN(C)c2cc(NC[C@H]3C[C@@H](Oc4cc(F)c(F)c(F)c4)C3)ncc21. The molecule has 1 amide bonds. The van der Waals surface area contributed by atoms with Crippen LogP contribution >= 0.6 is 0 Å². The summed E-state index contributed by atoms with van der Waals surface area (Å²) in [4.78, 5) is 20.2. The summed E-state index contributed by atoms with van der Waals surface area (Å²) in [5.41, 5.74) is 1.75. The Labute approximate surface area is 172 Å². The van der Waals surface area contributed by atoms with E-state index in [0.717, 1.165) is 42.2 Å². The van der Waals surface area contributed by atoms with E-state index in [0.29, 0.717) is 25.6 Å². The number of hydrogen-bond acceptors (Lipinski definition) is 5. The van der Waals surface area contributed by atoms with Crippen molar-refractivity contribution in [2.24, 2.45) is 5.92 Å². The van der Waals surface area contributed by atoms with Crippen molar-refractivity contribution in [1.82, 2.24) is 4.98 Å². The van der Waals surface area contributed by atoms with Crippen molar-refractivity contribution in [2.45, 2.75) is 25.9 Å². The van der Waals surface area contributed by atoms with Crippen molar-refractivity contribution in [3.05, 3.63) is 41.8 Å². The topological polar surface area (TPSA) is 57.7 Å². The van der Waals surface area contributed by atoms with E-state index in [2.05, 4.69) is 10.3 Å². The second-order valence-corrected chi connectivity index (χ2v) is 7.71. The van der Waals surface area contributed by atoms with E-state index in [-0.39, 0.29) is 17.8 Å². The number of nitrogens with one attached hydrogen (secondary N) is 1. The Hall–Kier alpha value is -2.97. The lowest BCUT2D eigenvalue weighted by Crippen LogP contribution is -2.44. The van der Waals surface area contributed by atoms with Gasteiger partial charge in [-0.2, -0.15) is 0 Å². The number of pyridine rings is 1. The number of amides is 1. The molecule has 2 heterocycles. The van der Waals surface area contributed by atoms with Crippen molar-refractivity contribution in [2.75, 3.05) is 41.8 Å². The van der Waals surface area contributed by atoms with Crippen LogP contribution in [0.3, 0.4) is 0 Å². The minimum Gasteiger partial charge on any atom is -0.490 e. The third-order valence-electron chi connectivity index (χ3n) is 5.58. The van der Waals surface area contributed by atoms with Gasteiger partial charge in [0.25, 0.3) is 0 Å². The zero-order chi connectivity index (χ0) is 21.4. The fourth-order valence-electron chi connectivity index (χ4n) is 3.88. The fourth-order valence-corrected chi connectivity index (χ4v) is 3.88. The minimum absolute atomic E-state index is 0.00257. The summed E-state index contributed by atoms with van der Waals surface area (Å²) < 4.78 is 45.1. The molecule has 0 saturated heterocycles. The summed E-state index contributed by atoms with van der Waals surface area (Å²) in [5.74, 6) is -2.91. The Balaban J connectivity index is 1.31. The first-order valence-corrected chi connectivity index (χ1v) is 9.92. The first-order valence-electron chi connectivity index (χ1n) is 9.92. The fraction of sp³-hybridized carbons (Fsp3) is 0.429. The molecule has 0 radical (unpaired) electrons. The third-order valence-corrected chi connectivity index (χ3v) is 5.58. The number of halogens is 3. The van der Waals surface area contributed by atoms with Gasteiger partial charge >= 0.3 is 0 Å². The molecule has 6 nitrogen and oxygen atoms in total. The maximum atomic E-state index is 13.3. The van der Waals surface area contributed by atoms with Crippen LogP contribution in [0.1, 0.15) is 19.8 Å². The molecule has 0 unspecified atom stereocenters. The van der Waals surface area contributed by atoms with Crippen LogP contribution in [0.4, 0.5) is 30.4 Å². The van der Waals surface area contributed by atoms with E-state index < -0.39 is 17.5 Å². The molecule has 1 N–H and O–H groups in total. The molecule has 2 aliphatic rings. The largest absolute Gasteiger partial charge is 0.490 e. The zero-order valence-corrected chi connectivity index (χ0v) is 16.8. The van der Waals surface area contributed by atoms with Crippen molar-refractivity contribution >= 4 is 23.1 Å². The lowest BCUT2D eigenvalue weighted by Gasteiger charge is -2.36. The highest BCUT2D eigenvalue weighted by Crippen LogP contribution is 2.35. The Morgan fingerprint density at radius 1 is 1.17 bits per heavy atom. The molecule has 0 bridgehead atoms. The average Bonchev–Trinajstić information content (AvgIpc) is 2.68. The van der Waals surface area contributed by atoms with E-state index in [1.807, 2.05) is 24.9 Å². The number of hydrogen-bond donors (Lipinski definition) is 1. The van der Waals surface area contributed by atoms with E-state index >= 15 is 0 Å². The van der Waals surface area contributed by atoms with E-state index in [1.165, 1.54) is 0 Å². The number of carbonyl (C=O) groups is 1. The standard InChI is InChI=1S/C21H23F3N4O2/c1-3-28-18-10-26-19(8-17(18)27(2)11-20(28)29)25-9-12-4-13(5-12)30-14-6-15(22)21(24)16(23)7-14/h6-8,10,12-13H,3-5,9,11H2,1-2H3,(H,25,26)/t12-,13+. The highest BCUT2D eigenvalue weighted by atomic mass is 19.2. The first-order chi connectivity index (χ1) is 14.4. The van der Waals surface area contributed by atoms with Crippen molar-refractivity contribution < 1.29 is 22.7 Å². The number of likely N-dealkylation sites (N-methyl/N-ethyl adjacent to an activating group) is 2. The molecule has 1 aromatic heterocycles. The summed E-state index contributed by atoms with van der Waals surface area (Å²) in [5, 5.41) is 3.31. The van der Waals surface area contributed by atoms with E-state index in [1.54, 1.807) is 11.1 Å². The highest BCUT2D eigenvalue weighted by Gasteiger charge is 2.32. The van der Waals surface area contributed by atoms with Crippen LogP contribution in [0.25, 0.3) is 0 Å². The van der Waals surface area contributed by atoms with Gasteiger partial charge in [0, 0.05) is 38.3 Å². The second-order valence-electron chi connectivity index (χ2n) is 7.71. The van der Waals surface area contributed by atoms with Crippen LogP contribution < -0.4 is 19.9 Å². The van der Waals surface area contributed by atoms with Crippen molar-refractivity contribution in [3.8, 4) is 5.75 Å². The van der Waals surface area contributed by atoms with Crippen molar-refractivity contribution in [3.63, 3.8) is 0 Å². The Kier molecular flexibility index (Phi) is 5.44. The van der Waals surface area contributed by atoms with Gasteiger partial charge in [-0.05, 0) is 25.7 Å². The molecule has 2 aromatic rings. The Morgan fingerprint density at radius 2 is 1.87 bits per heavy atom. The van der Waals surface area contributed by atoms with Gasteiger partial charge in [-0.25, -0.2) is 18.2 Å². The summed E-state index contributed by atoms with van der Waals surface area (Å²) in [6, 6.07) is 3.66. The highest BCUT2D eigenvalue weighted by molar-refractivity contribution is 6.03. The van der Waals surface area contributed by atoms with Gasteiger partial charge in [-0.15, -0.1) is 0 Å². The number of benzene rings is 1. The molecule has 1 aromatic carbocycles. The minimum atomic E-state index is -1.49. The zero-order valence-electron chi connectivity index (χ0n) is 16.8. The third kappa shape index (κ3) is 3.88. The maximum absolute atomic E-state index is 13.3. The number of nitrogens with zero attached hydrogens (tertiary/aromatic N) is 3. The van der Waals surface area contributed by atoms with Gasteiger partial charge < -0.3 is 19.9 Å². The maximum Gasteiger partial charge on any atom is 0.246 e. The molecule has 1 saturated carbocycles. The van der Waals surface area contributed by atoms with E-state index in [4.69, 9.17) is 4.74 Å². The van der Waals surface area contributed by atoms with Crippen LogP contribution in [0.2, 0.25) is 0 Å². The number of ether oxygens (including phenoxy) is 1. The summed E-state index contributed by atoms with van der Waals surface area (Å²) >= 11 is 0. The summed E-state index contributed by atoms with van der Waals surface area (Å²) in [7, 11) is 1.88. The predicted octanol–water partition coefficient (Wildman–Crippen LogP) is 3.57. The smallest absolute Gasteiger partial charge is 0.246 e. The lowest BCUT2D eigenvalue weighted by atomic mass is 9.82. The van der Waals surface area contributed by atoms with Crippen LogP contribution in [-0.4, -0.2) is 43.7 Å². The molecule has 0 spiro atoms. The first kappa shape index (κ1) is 20.3. The van der Waals surface area contributed by atoms with Gasteiger partial charge in [-0.3, -0.25) is 4.79 Å². The Bertz CT molecular complexity index is 942. The second kappa shape index (κ2) is 8.04. The van der Waals surface area contributed by atoms with Crippen LogP contribution in [0, 0.1) is 23.4 Å². The van der Waals surface area contributed by atoms with Crippen LogP contribution in [0.5, 0.6) is 5.75 Å². The predicted molar refractivity (Wildman–Crippen MR) is 107 cm³/mol. The molecule has 160 valence electrons. The number of carbonyl (C=O) groups excluding carboxylic acids is 1. The molecule has 9 heteroatoms. The molecule has 4 rings (SSSR count). The Morgan fingerprint density at radius 3 is 2.53 bits per heavy atom. The van der Waals surface area contributed by atoms with Gasteiger partial charge in [0.1, 0.15) is 11.6 Å². The summed E-state index contributed by atoms with van der Waals surface area (Å²) in [6.07, 6.45) is 2.99. The van der Waals surface area contributed by atoms with Gasteiger partial charge in [0.15, 0.2) is 17.5 Å². The van der Waals surface area contributed by atoms with Crippen LogP contribution in [0.15, 0.2) is 24.4 Å². The molecule has 1 aliphatic carbocycles. The average molecular weight is 420 g/mol. The van der Waals surface area contributed by atoms with Gasteiger partial charge in [-0.1, -0.05) is 0 Å². The van der Waals surface area contributed by atoms with Crippen molar-refractivity contribution in [1.29, 1.82) is 0 Å². The molecule has 0 atom stereocenters. The molecular weight excluding hydrogens is 397 g/mol. The number of fused-ring (bicyclic) bond motifs is 1. The molecule has 30 heavy (non-hydrogen) atoms.